The summed E-state index contributed by atoms with van der Waals surface area (Å²) in [4.78, 5) is 16.7. The van der Waals surface area contributed by atoms with Crippen molar-refractivity contribution in [2.75, 3.05) is 5.32 Å². The van der Waals surface area contributed by atoms with Crippen molar-refractivity contribution in [1.29, 1.82) is 0 Å². The van der Waals surface area contributed by atoms with E-state index in [2.05, 4.69) is 39.6 Å². The normalized spacial score (nSPS) is 10.8. The molecule has 0 radical (unpaired) electrons. The number of amides is 1. The third kappa shape index (κ3) is 4.76. The summed E-state index contributed by atoms with van der Waals surface area (Å²) >= 11 is 0. The Kier molecular flexibility index (Phi) is 5.47. The fraction of sp³-hybridized carbons (Fsp3) is 0.182. The Hall–Kier alpha value is -3.74. The highest BCUT2D eigenvalue weighted by atomic mass is 16.5. The molecule has 0 saturated heterocycles. The lowest BCUT2D eigenvalue weighted by Crippen LogP contribution is -2.16. The van der Waals surface area contributed by atoms with E-state index in [9.17, 15) is 4.79 Å². The van der Waals surface area contributed by atoms with Crippen LogP contribution in [0.1, 0.15) is 23.4 Å². The summed E-state index contributed by atoms with van der Waals surface area (Å²) in [5.74, 6) is 1.49. The molecule has 0 unspecified atom stereocenters. The molecule has 1 N–H and O–H groups in total. The zero-order valence-electron chi connectivity index (χ0n) is 16.1. The van der Waals surface area contributed by atoms with Gasteiger partial charge in [-0.2, -0.15) is 10.1 Å². The number of hydrogen-bond acceptors (Lipinski definition) is 5. The first kappa shape index (κ1) is 18.6. The van der Waals surface area contributed by atoms with Crippen LogP contribution in [0.3, 0.4) is 0 Å². The van der Waals surface area contributed by atoms with Crippen molar-refractivity contribution in [3.8, 4) is 11.4 Å². The summed E-state index contributed by atoms with van der Waals surface area (Å²) in [5, 5.41) is 11.2. The highest BCUT2D eigenvalue weighted by Gasteiger charge is 2.12. The van der Waals surface area contributed by atoms with Crippen LogP contribution in [0.2, 0.25) is 0 Å². The lowest BCUT2D eigenvalue weighted by Gasteiger charge is -2.09. The molecule has 2 aromatic heterocycles. The van der Waals surface area contributed by atoms with Crippen LogP contribution in [-0.2, 0) is 17.8 Å². The molecule has 0 aliphatic heterocycles. The first-order valence-corrected chi connectivity index (χ1v) is 9.42. The summed E-state index contributed by atoms with van der Waals surface area (Å²) < 4.78 is 7.03. The number of hydrogen-bond donors (Lipinski definition) is 1. The molecule has 7 nitrogen and oxygen atoms in total. The second-order valence-corrected chi connectivity index (χ2v) is 6.79. The van der Waals surface area contributed by atoms with Gasteiger partial charge in [-0.3, -0.25) is 4.79 Å². The first-order chi connectivity index (χ1) is 14.2. The minimum Gasteiger partial charge on any atom is -0.339 e. The molecule has 0 saturated carbocycles. The lowest BCUT2D eigenvalue weighted by molar-refractivity contribution is -0.116. The number of carbonyl (C=O) groups excluding carboxylic acids is 1. The van der Waals surface area contributed by atoms with Crippen molar-refractivity contribution in [2.45, 2.75) is 26.3 Å². The fourth-order valence-electron chi connectivity index (χ4n) is 3.03. The van der Waals surface area contributed by atoms with E-state index in [1.807, 2.05) is 42.5 Å². The molecule has 0 spiro atoms. The third-order valence-electron chi connectivity index (χ3n) is 4.46. The summed E-state index contributed by atoms with van der Waals surface area (Å²) in [7, 11) is 0. The van der Waals surface area contributed by atoms with Gasteiger partial charge in [0.2, 0.25) is 17.6 Å². The number of carbonyl (C=O) groups is 1. The minimum atomic E-state index is -0.129. The van der Waals surface area contributed by atoms with Gasteiger partial charge < -0.3 is 9.84 Å². The Balaban J connectivity index is 1.34. The van der Waals surface area contributed by atoms with E-state index in [1.165, 1.54) is 5.56 Å². The van der Waals surface area contributed by atoms with Gasteiger partial charge in [-0.25, -0.2) is 4.68 Å². The fourth-order valence-corrected chi connectivity index (χ4v) is 3.03. The van der Waals surface area contributed by atoms with E-state index in [4.69, 9.17) is 4.52 Å². The highest BCUT2D eigenvalue weighted by Crippen LogP contribution is 2.16. The number of benzene rings is 2. The van der Waals surface area contributed by atoms with Crippen LogP contribution < -0.4 is 5.32 Å². The predicted molar refractivity (Wildman–Crippen MR) is 109 cm³/mol. The van der Waals surface area contributed by atoms with Gasteiger partial charge >= 0.3 is 0 Å². The van der Waals surface area contributed by atoms with Crippen LogP contribution in [0.5, 0.6) is 0 Å². The van der Waals surface area contributed by atoms with E-state index in [0.29, 0.717) is 30.5 Å². The number of nitrogens with one attached hydrogen (secondary N) is 1. The monoisotopic (exact) mass is 387 g/mol. The van der Waals surface area contributed by atoms with E-state index >= 15 is 0 Å². The number of anilines is 1. The zero-order valence-corrected chi connectivity index (χ0v) is 16.1. The zero-order chi connectivity index (χ0) is 20.1. The maximum Gasteiger partial charge on any atom is 0.227 e. The topological polar surface area (TPSA) is 85.8 Å². The number of aryl methyl sites for hydroxylation is 2. The molecule has 7 heteroatoms. The molecular weight excluding hydrogens is 366 g/mol. The van der Waals surface area contributed by atoms with Crippen molar-refractivity contribution < 1.29 is 9.32 Å². The van der Waals surface area contributed by atoms with E-state index in [0.717, 1.165) is 11.1 Å². The average molecular weight is 387 g/mol. The molecule has 29 heavy (non-hydrogen) atoms. The van der Waals surface area contributed by atoms with Gasteiger partial charge in [0.1, 0.15) is 5.82 Å². The number of rotatable bonds is 7. The van der Waals surface area contributed by atoms with Crippen molar-refractivity contribution in [1.82, 2.24) is 19.9 Å². The smallest absolute Gasteiger partial charge is 0.227 e. The summed E-state index contributed by atoms with van der Waals surface area (Å²) in [6.07, 6.45) is 2.29. The molecule has 1 amide bonds. The Morgan fingerprint density at radius 3 is 2.79 bits per heavy atom. The number of aromatic nitrogens is 4. The standard InChI is InChI=1S/C22H21N5O2/c1-16-6-5-7-17(14-16)15-27-19(12-13-23-27)24-20(28)10-11-21-25-22(26-29-21)18-8-3-2-4-9-18/h2-9,12-14H,10-11,15H2,1H3,(H,24,28). The highest BCUT2D eigenvalue weighted by molar-refractivity contribution is 5.89. The molecular formula is C22H21N5O2. The van der Waals surface area contributed by atoms with Crippen LogP contribution in [0.15, 0.2) is 71.4 Å². The van der Waals surface area contributed by atoms with Crippen molar-refractivity contribution in [2.24, 2.45) is 0 Å². The Bertz CT molecular complexity index is 1100. The van der Waals surface area contributed by atoms with Crippen LogP contribution in [0.4, 0.5) is 5.82 Å². The van der Waals surface area contributed by atoms with Crippen LogP contribution in [-0.4, -0.2) is 25.8 Å². The molecule has 4 aromatic rings. The molecule has 146 valence electrons. The molecule has 0 atom stereocenters. The molecule has 0 bridgehead atoms. The van der Waals surface area contributed by atoms with Gasteiger partial charge in [0.15, 0.2) is 0 Å². The quantitative estimate of drug-likeness (QED) is 0.520. The van der Waals surface area contributed by atoms with Crippen LogP contribution in [0, 0.1) is 6.92 Å². The van der Waals surface area contributed by atoms with Crippen molar-refractivity contribution in [3.05, 3.63) is 83.9 Å². The second kappa shape index (κ2) is 8.52. The molecule has 0 aliphatic carbocycles. The first-order valence-electron chi connectivity index (χ1n) is 9.42. The van der Waals surface area contributed by atoms with Gasteiger partial charge in [-0.15, -0.1) is 0 Å². The van der Waals surface area contributed by atoms with Crippen molar-refractivity contribution in [3.63, 3.8) is 0 Å². The predicted octanol–water partition coefficient (Wildman–Crippen LogP) is 3.86. The van der Waals surface area contributed by atoms with Gasteiger partial charge in [0.25, 0.3) is 0 Å². The largest absolute Gasteiger partial charge is 0.339 e. The molecule has 2 aromatic carbocycles. The Morgan fingerprint density at radius 1 is 1.10 bits per heavy atom. The van der Waals surface area contributed by atoms with Crippen LogP contribution in [0.25, 0.3) is 11.4 Å². The summed E-state index contributed by atoms with van der Waals surface area (Å²) in [5.41, 5.74) is 3.20. The molecule has 0 aliphatic rings. The van der Waals surface area contributed by atoms with Gasteiger partial charge in [0, 0.05) is 24.5 Å². The van der Waals surface area contributed by atoms with E-state index < -0.39 is 0 Å². The van der Waals surface area contributed by atoms with Gasteiger partial charge in [0.05, 0.1) is 12.7 Å². The third-order valence-corrected chi connectivity index (χ3v) is 4.46. The Labute approximate surface area is 168 Å². The maximum atomic E-state index is 12.4. The van der Waals surface area contributed by atoms with Gasteiger partial charge in [-0.1, -0.05) is 65.3 Å². The summed E-state index contributed by atoms with van der Waals surface area (Å²) in [6.45, 7) is 2.64. The van der Waals surface area contributed by atoms with E-state index in [1.54, 1.807) is 16.9 Å². The average Bonchev–Trinajstić information content (AvgIpc) is 3.37. The van der Waals surface area contributed by atoms with Crippen molar-refractivity contribution >= 4 is 11.7 Å². The lowest BCUT2D eigenvalue weighted by atomic mass is 10.1. The number of nitrogens with zero attached hydrogens (tertiary/aromatic N) is 4. The van der Waals surface area contributed by atoms with Crippen LogP contribution >= 0.6 is 0 Å². The van der Waals surface area contributed by atoms with Gasteiger partial charge in [-0.05, 0) is 12.5 Å². The molecule has 2 heterocycles. The SMILES string of the molecule is Cc1cccc(Cn2nccc2NC(=O)CCc2nc(-c3ccccc3)no2)c1. The molecule has 0 fully saturated rings. The van der Waals surface area contributed by atoms with E-state index in [-0.39, 0.29) is 12.3 Å². The Morgan fingerprint density at radius 2 is 1.97 bits per heavy atom. The second-order valence-electron chi connectivity index (χ2n) is 6.79. The maximum absolute atomic E-state index is 12.4. The minimum absolute atomic E-state index is 0.129. The summed E-state index contributed by atoms with van der Waals surface area (Å²) in [6, 6.07) is 19.6. The molecule has 4 rings (SSSR count).